The molecule has 46 nitrogen and oxygen atoms in total. The Morgan fingerprint density at radius 2 is 0.800 bits per heavy atom. The van der Waals surface area contributed by atoms with Crippen molar-refractivity contribution < 1.29 is 92.7 Å². The molecule has 3 aliphatic heterocycles. The van der Waals surface area contributed by atoms with Crippen molar-refractivity contribution in [2.75, 3.05) is 58.9 Å². The molecular weight excluding hydrogens is 1630 g/mol. The van der Waals surface area contributed by atoms with Crippen LogP contribution < -0.4 is 109 Å². The third-order valence-corrected chi connectivity index (χ3v) is 21.6. The summed E-state index contributed by atoms with van der Waals surface area (Å²) in [7, 11) is 0. The van der Waals surface area contributed by atoms with Gasteiger partial charge < -0.3 is 149 Å². The molecule has 16 unspecified atom stereocenters. The average Bonchev–Trinajstić information content (AvgIpc) is 1.67. The molecule has 2 aromatic carbocycles. The Morgan fingerprint density at radius 3 is 1.27 bits per heavy atom. The van der Waals surface area contributed by atoms with Crippen molar-refractivity contribution in [3.05, 3.63) is 59.7 Å². The maximum absolute atomic E-state index is 14.8. The molecule has 3 aliphatic rings. The van der Waals surface area contributed by atoms with E-state index in [1.54, 1.807) is 13.8 Å². The fourth-order valence-electron chi connectivity index (χ4n) is 14.5. The lowest BCUT2D eigenvalue weighted by Gasteiger charge is -2.33. The Bertz CT molecular complexity index is 4030. The number of amides is 13. The standard InChI is InChI=1S/C79H129N27O19/c1-5-42(2)60(101-66(115)51(16-6-7-31-80)96-67(116)54(39-45-23-27-47(109)28-24-45)99-63(112)49(81)15-8-32-90-76(82)83)71(120)103-62(44(4)108)74(123)106-38-13-20-56(106)69(118)97-52(18-10-34-92-78(86)87)65(114)95-50(17-9-33-91-77(84)85)64(113)94-41-59(111)104-36-14-22-58(104)73(122)105-37-12-21-57(105)70(119)102-61(43(3)107)72(121)100-55(40-46-25-29-48(110)30-26-46)68(117)98-53(75(124)125)19-11-35-93-79(88)89/h23-30,42-44,49-58,60-62,107-110H,5-22,31-41,80-81H2,1-4H3,(H,94,113)(H,95,114)(H,96,116)(H,97,118)(H,98,117)(H,99,112)(H,100,121)(H,101,115)(H,102,119)(H,103,120)(H,124,125)(H4,82,83,90)(H4,84,85,91)(H4,86,87,92)(H4,88,89,93). The van der Waals surface area contributed by atoms with Gasteiger partial charge in [-0.15, -0.1) is 0 Å². The normalized spacial score (nSPS) is 17.9. The van der Waals surface area contributed by atoms with Gasteiger partial charge in [-0.3, -0.25) is 84.0 Å². The summed E-state index contributed by atoms with van der Waals surface area (Å²) in [6.45, 7) is 5.61. The van der Waals surface area contributed by atoms with Crippen LogP contribution in [-0.4, -0.2) is 296 Å². The van der Waals surface area contributed by atoms with Crippen LogP contribution in [0.1, 0.15) is 154 Å². The van der Waals surface area contributed by atoms with Gasteiger partial charge in [0, 0.05) is 58.7 Å². The summed E-state index contributed by atoms with van der Waals surface area (Å²) in [5, 5.41) is 119. The van der Waals surface area contributed by atoms with Gasteiger partial charge in [0.2, 0.25) is 76.8 Å². The Labute approximate surface area is 724 Å². The molecular formula is C79H129N27O19. The summed E-state index contributed by atoms with van der Waals surface area (Å²) in [6.07, 6.45) is -1.32. The highest BCUT2D eigenvalue weighted by molar-refractivity contribution is 6.01. The second-order valence-corrected chi connectivity index (χ2v) is 31.4. The van der Waals surface area contributed by atoms with Crippen molar-refractivity contribution in [1.29, 1.82) is 21.6 Å². The molecule has 46 heteroatoms. The quantitative estimate of drug-likeness (QED) is 0.0166. The molecule has 0 aromatic heterocycles. The van der Waals surface area contributed by atoms with Crippen LogP contribution in [0.5, 0.6) is 11.5 Å². The molecule has 3 fully saturated rings. The van der Waals surface area contributed by atoms with Crippen LogP contribution in [0.25, 0.3) is 0 Å². The van der Waals surface area contributed by atoms with Gasteiger partial charge in [0.25, 0.3) is 0 Å². The largest absolute Gasteiger partial charge is 0.508 e. The molecule has 13 amide bonds. The molecule has 125 heavy (non-hydrogen) atoms. The number of carboxylic acid groups (broad SMARTS) is 1. The molecule has 5 rings (SSSR count). The van der Waals surface area contributed by atoms with Crippen molar-refractivity contribution in [2.24, 2.45) is 40.3 Å². The number of benzene rings is 2. The first-order valence-corrected chi connectivity index (χ1v) is 42.1. The van der Waals surface area contributed by atoms with Gasteiger partial charge in [0.15, 0.2) is 23.8 Å². The van der Waals surface area contributed by atoms with Crippen LogP contribution >= 0.6 is 0 Å². The molecule has 694 valence electrons. The number of rotatable bonds is 52. The first-order valence-electron chi connectivity index (χ1n) is 42.1. The number of aromatic hydroxyl groups is 2. The maximum Gasteiger partial charge on any atom is 0.326 e. The number of likely N-dealkylation sites (tertiary alicyclic amines) is 3. The number of nitrogens with one attached hydrogen (secondary N) is 18. The zero-order chi connectivity index (χ0) is 92.7. The van der Waals surface area contributed by atoms with Crippen molar-refractivity contribution in [2.45, 2.75) is 247 Å². The minimum absolute atomic E-state index is 0.00208. The third-order valence-electron chi connectivity index (χ3n) is 21.6. The highest BCUT2D eigenvalue weighted by atomic mass is 16.4. The minimum atomic E-state index is -1.76. The van der Waals surface area contributed by atoms with E-state index < -0.39 is 198 Å². The number of aliphatic carboxylic acids is 1. The number of nitrogens with zero attached hydrogens (tertiary/aromatic N) is 3. The van der Waals surface area contributed by atoms with E-state index in [0.717, 1.165) is 4.90 Å². The number of aliphatic hydroxyl groups excluding tert-OH is 2. The van der Waals surface area contributed by atoms with E-state index in [0.29, 0.717) is 36.8 Å². The zero-order valence-corrected chi connectivity index (χ0v) is 71.1. The first kappa shape index (κ1) is 103. The van der Waals surface area contributed by atoms with E-state index in [1.807, 2.05) is 0 Å². The van der Waals surface area contributed by atoms with Crippen LogP contribution in [0.3, 0.4) is 0 Å². The second kappa shape index (κ2) is 52.2. The number of carboxylic acids is 1. The summed E-state index contributed by atoms with van der Waals surface area (Å²) in [5.41, 5.74) is 34.8. The van der Waals surface area contributed by atoms with Gasteiger partial charge in [-0.2, -0.15) is 0 Å². The number of guanidine groups is 4. The monoisotopic (exact) mass is 1760 g/mol. The Hall–Kier alpha value is -12.5. The van der Waals surface area contributed by atoms with Crippen molar-refractivity contribution >= 4 is 107 Å². The molecule has 0 radical (unpaired) electrons. The lowest BCUT2D eigenvalue weighted by molar-refractivity contribution is -0.147. The summed E-state index contributed by atoms with van der Waals surface area (Å²) >= 11 is 0. The van der Waals surface area contributed by atoms with Crippen LogP contribution in [-0.2, 0) is 80.0 Å². The molecule has 0 aliphatic carbocycles. The van der Waals surface area contributed by atoms with E-state index in [1.165, 1.54) is 72.2 Å². The third kappa shape index (κ3) is 34.3. The number of aliphatic hydroxyl groups is 2. The van der Waals surface area contributed by atoms with Gasteiger partial charge in [0.05, 0.1) is 24.8 Å². The molecule has 35 N–H and O–H groups in total. The highest BCUT2D eigenvalue weighted by Crippen LogP contribution is 2.27. The summed E-state index contributed by atoms with van der Waals surface area (Å²) in [6, 6.07) is -7.03. The number of phenolic OH excluding ortho intramolecular Hbond substituents is 2. The van der Waals surface area contributed by atoms with Crippen molar-refractivity contribution in [1.82, 2.24) is 89.1 Å². The minimum Gasteiger partial charge on any atom is -0.508 e. The average molecular weight is 1760 g/mol. The Kier molecular flexibility index (Phi) is 43.1. The molecule has 3 heterocycles. The SMILES string of the molecule is CCC(C)C(NC(=O)C(CCCCN)NC(=O)C(Cc1ccc(O)cc1)NC(=O)C(N)CCCNC(=N)N)C(=O)NC(C(=O)N1CCCC1C(=O)NC(CCCNC(=N)N)C(=O)NC(CCCNC(=N)N)C(=O)NCC(=O)N1CCCC1C(=O)N1CCCC1C(=O)NC(C(=O)NC(Cc1ccc(O)cc1)C(=O)NC(CCCNC(=N)N)C(=O)O)C(C)O)C(C)O. The van der Waals surface area contributed by atoms with E-state index in [9.17, 15) is 92.7 Å². The van der Waals surface area contributed by atoms with Crippen molar-refractivity contribution in [3.8, 4) is 11.5 Å². The fourth-order valence-corrected chi connectivity index (χ4v) is 14.5. The summed E-state index contributed by atoms with van der Waals surface area (Å²) in [5.74, 6) is -15.0. The maximum atomic E-state index is 14.8. The topological polar surface area (TPSA) is 770 Å². The lowest BCUT2D eigenvalue weighted by Crippen LogP contribution is -2.62. The van der Waals surface area contributed by atoms with Gasteiger partial charge >= 0.3 is 5.97 Å². The fraction of sp³-hybridized carbons (Fsp3) is 0.620. The van der Waals surface area contributed by atoms with E-state index >= 15 is 0 Å². The van der Waals surface area contributed by atoms with Gasteiger partial charge in [-0.1, -0.05) is 44.5 Å². The molecule has 16 atom stereocenters. The van der Waals surface area contributed by atoms with Crippen LogP contribution in [0.15, 0.2) is 48.5 Å². The van der Waals surface area contributed by atoms with Crippen LogP contribution in [0.2, 0.25) is 0 Å². The summed E-state index contributed by atoms with van der Waals surface area (Å²) < 4.78 is 0. The smallest absolute Gasteiger partial charge is 0.326 e. The van der Waals surface area contributed by atoms with Crippen molar-refractivity contribution in [3.63, 3.8) is 0 Å². The molecule has 0 bridgehead atoms. The second-order valence-electron chi connectivity index (χ2n) is 31.4. The lowest BCUT2D eigenvalue weighted by atomic mass is 9.96. The number of hydrogen-bond donors (Lipinski definition) is 29. The van der Waals surface area contributed by atoms with Gasteiger partial charge in [-0.05, 0) is 171 Å². The number of hydrogen-bond acceptors (Lipinski definition) is 24. The molecule has 2 aromatic rings. The zero-order valence-electron chi connectivity index (χ0n) is 71.1. The predicted octanol–water partition coefficient (Wildman–Crippen LogP) is -7.26. The summed E-state index contributed by atoms with van der Waals surface area (Å²) in [4.78, 5) is 203. The van der Waals surface area contributed by atoms with Gasteiger partial charge in [0.1, 0.15) is 84.0 Å². The number of nitrogens with two attached hydrogens (primary N) is 6. The molecule has 3 saturated heterocycles. The number of carbonyl (C=O) groups is 14. The Morgan fingerprint density at radius 1 is 0.424 bits per heavy atom. The highest BCUT2D eigenvalue weighted by Gasteiger charge is 2.46. The molecule has 0 spiro atoms. The molecule has 0 saturated carbocycles. The van der Waals surface area contributed by atoms with Crippen LogP contribution in [0.4, 0.5) is 0 Å². The van der Waals surface area contributed by atoms with E-state index in [4.69, 9.17) is 56.0 Å². The number of unbranched alkanes of at least 4 members (excludes halogenated alkanes) is 1. The van der Waals surface area contributed by atoms with Crippen LogP contribution in [0, 0.1) is 27.6 Å². The predicted molar refractivity (Wildman–Crippen MR) is 456 cm³/mol. The Balaban J connectivity index is 1.30. The number of phenols is 2. The first-order chi connectivity index (χ1) is 59.2. The van der Waals surface area contributed by atoms with E-state index in [2.05, 4.69) is 74.4 Å². The number of carbonyl (C=O) groups excluding carboxylic acids is 13. The van der Waals surface area contributed by atoms with E-state index in [-0.39, 0.29) is 179 Å². The van der Waals surface area contributed by atoms with Gasteiger partial charge in [-0.25, -0.2) is 4.79 Å².